The molecule has 27 heavy (non-hydrogen) atoms. The van der Waals surface area contributed by atoms with E-state index in [1.807, 2.05) is 48.5 Å². The van der Waals surface area contributed by atoms with Gasteiger partial charge in [-0.05, 0) is 42.5 Å². The topological polar surface area (TPSA) is 56.5 Å². The van der Waals surface area contributed by atoms with Crippen molar-refractivity contribution in [3.63, 3.8) is 0 Å². The SMILES string of the molecule is CC(=O)Oc1ccccc1C=CC(=O)c1ccccc1.c1cc2ccc1o2. The second kappa shape index (κ2) is 8.63. The Labute approximate surface area is 157 Å². The summed E-state index contributed by atoms with van der Waals surface area (Å²) in [5.74, 6) is -0.0411. The molecule has 0 saturated carbocycles. The summed E-state index contributed by atoms with van der Waals surface area (Å²) in [4.78, 5) is 23.0. The first-order valence-corrected chi connectivity index (χ1v) is 8.44. The van der Waals surface area contributed by atoms with Crippen molar-refractivity contribution in [1.29, 1.82) is 0 Å². The number of hydrogen-bond acceptors (Lipinski definition) is 4. The fourth-order valence-electron chi connectivity index (χ4n) is 2.44. The van der Waals surface area contributed by atoms with Crippen LogP contribution in [0.1, 0.15) is 22.8 Å². The highest BCUT2D eigenvalue weighted by atomic mass is 16.5. The molecule has 0 fully saturated rings. The number of benzene rings is 3. The van der Waals surface area contributed by atoms with E-state index in [0.717, 1.165) is 11.2 Å². The van der Waals surface area contributed by atoms with Gasteiger partial charge < -0.3 is 9.15 Å². The predicted octanol–water partition coefficient (Wildman–Crippen LogP) is 5.38. The maximum Gasteiger partial charge on any atom is 0.308 e. The van der Waals surface area contributed by atoms with Crippen molar-refractivity contribution in [3.8, 4) is 5.75 Å². The van der Waals surface area contributed by atoms with Crippen LogP contribution in [0.2, 0.25) is 0 Å². The van der Waals surface area contributed by atoms with E-state index in [9.17, 15) is 9.59 Å². The van der Waals surface area contributed by atoms with Crippen molar-refractivity contribution in [2.45, 2.75) is 6.92 Å². The third kappa shape index (κ3) is 5.16. The Bertz CT molecular complexity index is 999. The zero-order chi connectivity index (χ0) is 19.1. The van der Waals surface area contributed by atoms with Gasteiger partial charge in [0.25, 0.3) is 0 Å². The summed E-state index contributed by atoms with van der Waals surface area (Å²) in [6, 6.07) is 23.9. The molecule has 0 unspecified atom stereocenters. The van der Waals surface area contributed by atoms with Crippen LogP contribution in [0.25, 0.3) is 17.2 Å². The van der Waals surface area contributed by atoms with Gasteiger partial charge in [-0.3, -0.25) is 9.59 Å². The standard InChI is InChI=1S/C17H14O3.C6H4O/c1-13(18)20-17-10-6-5-9-15(17)11-12-16(19)14-7-3-2-4-8-14;1-2-6-4-3-5(1)7-6/h2-12H,1H3;1-4H. The Morgan fingerprint density at radius 2 is 1.41 bits per heavy atom. The van der Waals surface area contributed by atoms with Gasteiger partial charge >= 0.3 is 5.97 Å². The number of carbonyl (C=O) groups is 2. The van der Waals surface area contributed by atoms with Crippen LogP contribution in [0.3, 0.4) is 0 Å². The van der Waals surface area contributed by atoms with Crippen molar-refractivity contribution in [2.24, 2.45) is 0 Å². The lowest BCUT2D eigenvalue weighted by Gasteiger charge is -2.04. The third-order valence-electron chi connectivity index (χ3n) is 3.70. The van der Waals surface area contributed by atoms with Gasteiger partial charge in [0.2, 0.25) is 0 Å². The molecule has 2 aromatic carbocycles. The van der Waals surface area contributed by atoms with E-state index < -0.39 is 0 Å². The molecule has 4 aromatic rings. The Kier molecular flexibility index (Phi) is 5.80. The zero-order valence-electron chi connectivity index (χ0n) is 14.8. The van der Waals surface area contributed by atoms with Crippen LogP contribution in [0.4, 0.5) is 0 Å². The second-order valence-corrected chi connectivity index (χ2v) is 5.77. The van der Waals surface area contributed by atoms with Crippen LogP contribution in [0, 0.1) is 0 Å². The quantitative estimate of drug-likeness (QED) is 0.213. The maximum atomic E-state index is 12.0. The first-order valence-electron chi connectivity index (χ1n) is 8.44. The normalized spacial score (nSPS) is 10.6. The molecule has 4 rings (SSSR count). The Morgan fingerprint density at radius 1 is 0.815 bits per heavy atom. The summed E-state index contributed by atoms with van der Waals surface area (Å²) in [5, 5.41) is 0. The van der Waals surface area contributed by atoms with Crippen LogP contribution in [-0.4, -0.2) is 11.8 Å². The van der Waals surface area contributed by atoms with Crippen molar-refractivity contribution in [3.05, 3.63) is 96.1 Å². The van der Waals surface area contributed by atoms with Crippen LogP contribution in [0.15, 0.2) is 89.4 Å². The molecular formula is C23H18O4. The number of para-hydroxylation sites is 1. The Morgan fingerprint density at radius 3 is 1.96 bits per heavy atom. The molecule has 0 amide bonds. The summed E-state index contributed by atoms with van der Waals surface area (Å²) < 4.78 is 10.2. The Balaban J connectivity index is 0.000000246. The van der Waals surface area contributed by atoms with Gasteiger partial charge in [-0.15, -0.1) is 0 Å². The largest absolute Gasteiger partial charge is 0.457 e. The van der Waals surface area contributed by atoms with Gasteiger partial charge in [-0.25, -0.2) is 0 Å². The van der Waals surface area contributed by atoms with Gasteiger partial charge in [0, 0.05) is 18.1 Å². The van der Waals surface area contributed by atoms with Crippen molar-refractivity contribution in [1.82, 2.24) is 0 Å². The smallest absolute Gasteiger partial charge is 0.308 e. The summed E-state index contributed by atoms with van der Waals surface area (Å²) >= 11 is 0. The number of allylic oxidation sites excluding steroid dienone is 1. The summed E-state index contributed by atoms with van der Waals surface area (Å²) in [6.07, 6.45) is 3.12. The minimum Gasteiger partial charge on any atom is -0.457 e. The molecule has 2 heterocycles. The molecule has 134 valence electrons. The minimum absolute atomic E-state index is 0.0942. The van der Waals surface area contributed by atoms with E-state index in [0.29, 0.717) is 16.9 Å². The minimum atomic E-state index is -0.389. The first kappa shape index (κ1) is 18.1. The lowest BCUT2D eigenvalue weighted by molar-refractivity contribution is -0.131. The molecule has 4 nitrogen and oxygen atoms in total. The lowest BCUT2D eigenvalue weighted by Crippen LogP contribution is -2.02. The number of esters is 1. The zero-order valence-corrected chi connectivity index (χ0v) is 14.8. The van der Waals surface area contributed by atoms with Crippen molar-refractivity contribution in [2.75, 3.05) is 0 Å². The molecule has 2 bridgehead atoms. The summed E-state index contributed by atoms with van der Waals surface area (Å²) in [5.41, 5.74) is 3.24. The van der Waals surface area contributed by atoms with E-state index in [4.69, 9.17) is 9.15 Å². The predicted molar refractivity (Wildman–Crippen MR) is 105 cm³/mol. The van der Waals surface area contributed by atoms with Gasteiger partial charge in [0.05, 0.1) is 0 Å². The van der Waals surface area contributed by atoms with Gasteiger partial charge in [0.15, 0.2) is 5.78 Å². The highest BCUT2D eigenvalue weighted by Crippen LogP contribution is 2.20. The molecule has 0 spiro atoms. The number of ketones is 1. The van der Waals surface area contributed by atoms with Crippen molar-refractivity contribution < 1.29 is 18.7 Å². The van der Waals surface area contributed by atoms with E-state index in [1.54, 1.807) is 36.4 Å². The molecule has 0 aliphatic rings. The molecule has 2 aromatic heterocycles. The molecule has 0 aliphatic carbocycles. The number of carbonyl (C=O) groups excluding carboxylic acids is 2. The van der Waals surface area contributed by atoms with E-state index >= 15 is 0 Å². The van der Waals surface area contributed by atoms with Gasteiger partial charge in [-0.1, -0.05) is 48.5 Å². The van der Waals surface area contributed by atoms with Crippen molar-refractivity contribution >= 4 is 29.0 Å². The number of furan rings is 2. The molecule has 0 N–H and O–H groups in total. The molecule has 0 saturated heterocycles. The summed E-state index contributed by atoms with van der Waals surface area (Å²) in [7, 11) is 0. The van der Waals surface area contributed by atoms with Crippen LogP contribution in [0.5, 0.6) is 5.75 Å². The van der Waals surface area contributed by atoms with E-state index in [-0.39, 0.29) is 11.8 Å². The molecule has 0 atom stereocenters. The molecule has 0 aliphatic heterocycles. The molecule has 0 radical (unpaired) electrons. The fraction of sp³-hybridized carbons (Fsp3) is 0.0435. The highest BCUT2D eigenvalue weighted by molar-refractivity contribution is 6.06. The highest BCUT2D eigenvalue weighted by Gasteiger charge is 2.04. The lowest BCUT2D eigenvalue weighted by atomic mass is 10.1. The number of hydrogen-bond donors (Lipinski definition) is 0. The first-order chi connectivity index (χ1) is 13.1. The number of rotatable bonds is 4. The fourth-order valence-corrected chi connectivity index (χ4v) is 2.44. The number of ether oxygens (including phenoxy) is 1. The van der Waals surface area contributed by atoms with E-state index in [2.05, 4.69) is 0 Å². The molecule has 4 heteroatoms. The third-order valence-corrected chi connectivity index (χ3v) is 3.70. The summed E-state index contributed by atoms with van der Waals surface area (Å²) in [6.45, 7) is 1.34. The van der Waals surface area contributed by atoms with Crippen LogP contribution in [-0.2, 0) is 4.79 Å². The molecular weight excluding hydrogens is 340 g/mol. The van der Waals surface area contributed by atoms with Gasteiger partial charge in [0.1, 0.15) is 16.9 Å². The van der Waals surface area contributed by atoms with Gasteiger partial charge in [-0.2, -0.15) is 0 Å². The Hall–Kier alpha value is -3.66. The van der Waals surface area contributed by atoms with Crippen LogP contribution >= 0.6 is 0 Å². The maximum absolute atomic E-state index is 12.0. The van der Waals surface area contributed by atoms with Crippen LogP contribution < -0.4 is 4.74 Å². The average Bonchev–Trinajstić information content (AvgIpc) is 3.34. The number of fused-ring (bicyclic) bond motifs is 2. The monoisotopic (exact) mass is 358 g/mol. The second-order valence-electron chi connectivity index (χ2n) is 5.77. The average molecular weight is 358 g/mol. The van der Waals surface area contributed by atoms with E-state index in [1.165, 1.54) is 13.0 Å².